The van der Waals surface area contributed by atoms with E-state index < -0.39 is 17.8 Å². The summed E-state index contributed by atoms with van der Waals surface area (Å²) >= 11 is 1.44. The largest absolute Gasteiger partial charge is 0.497 e. The van der Waals surface area contributed by atoms with Crippen molar-refractivity contribution in [3.8, 4) is 34.4 Å². The number of ether oxygens (including phenoxy) is 4. The number of fused-ring (bicyclic) bond motifs is 1. The summed E-state index contributed by atoms with van der Waals surface area (Å²) in [7, 11) is 3.29. The molecule has 0 fully saturated rings. The van der Waals surface area contributed by atoms with E-state index in [2.05, 4.69) is 9.47 Å². The summed E-state index contributed by atoms with van der Waals surface area (Å²) in [5, 5.41) is 0.696. The van der Waals surface area contributed by atoms with Gasteiger partial charge in [-0.3, -0.25) is 4.79 Å². The number of methoxy groups -OCH3 is 2. The van der Waals surface area contributed by atoms with Gasteiger partial charge in [0, 0.05) is 37.3 Å². The van der Waals surface area contributed by atoms with E-state index in [-0.39, 0.29) is 0 Å². The number of primary amides is 1. The van der Waals surface area contributed by atoms with Gasteiger partial charge in [-0.05, 0) is 67.3 Å². The first-order chi connectivity index (χ1) is 23.8. The molecule has 0 saturated carbocycles. The number of aromatic nitrogens is 3. The van der Waals surface area contributed by atoms with Crippen LogP contribution in [0.1, 0.15) is 30.9 Å². The van der Waals surface area contributed by atoms with Gasteiger partial charge in [0.05, 0.1) is 31.0 Å². The maximum Gasteiger partial charge on any atom is 0.258 e. The van der Waals surface area contributed by atoms with E-state index in [1.54, 1.807) is 33.3 Å². The minimum Gasteiger partial charge on any atom is -0.497 e. The second kappa shape index (κ2) is 13.6. The van der Waals surface area contributed by atoms with Crippen LogP contribution in [0.3, 0.4) is 0 Å². The second-order valence-corrected chi connectivity index (χ2v) is 13.0. The Morgan fingerprint density at radius 1 is 0.959 bits per heavy atom. The van der Waals surface area contributed by atoms with Crippen molar-refractivity contribution in [2.24, 2.45) is 5.73 Å². The summed E-state index contributed by atoms with van der Waals surface area (Å²) in [6.07, 6.45) is 0.881. The molecule has 3 heterocycles. The zero-order valence-electron chi connectivity index (χ0n) is 27.4. The third-order valence-corrected chi connectivity index (χ3v) is 9.62. The monoisotopic (exact) mass is 681 g/mol. The summed E-state index contributed by atoms with van der Waals surface area (Å²) in [6, 6.07) is 22.8. The van der Waals surface area contributed by atoms with Gasteiger partial charge in [0.25, 0.3) is 5.91 Å². The number of rotatable bonds is 11. The highest BCUT2D eigenvalue weighted by Crippen LogP contribution is 2.39. The van der Waals surface area contributed by atoms with Crippen molar-refractivity contribution in [1.82, 2.24) is 14.5 Å². The molecular weight excluding hydrogens is 646 g/mol. The molecule has 2 N–H and O–H groups in total. The third kappa shape index (κ3) is 6.68. The Morgan fingerprint density at radius 2 is 1.63 bits per heavy atom. The maximum atomic E-state index is 16.0. The Bertz CT molecular complexity index is 2080. The van der Waals surface area contributed by atoms with Crippen molar-refractivity contribution in [3.63, 3.8) is 0 Å². The summed E-state index contributed by atoms with van der Waals surface area (Å²) in [4.78, 5) is 23.6. The third-order valence-electron chi connectivity index (χ3n) is 8.56. The SMILES string of the molecule is COc1ccc(CN(Cc2ccc(OC)cc2)c2nc3c(F)cc(-c4nc5cc(O[C@@H](C)C(N)=O)cc6c5n4CCCCO6)cc3s2)cc1. The summed E-state index contributed by atoms with van der Waals surface area (Å²) in [6.45, 7) is 3.93. The molecule has 1 atom stereocenters. The number of nitrogens with two attached hydrogens (primary N) is 1. The number of halogens is 1. The van der Waals surface area contributed by atoms with Gasteiger partial charge in [0.15, 0.2) is 17.1 Å². The Morgan fingerprint density at radius 3 is 2.27 bits per heavy atom. The summed E-state index contributed by atoms with van der Waals surface area (Å²) in [5.41, 5.74) is 9.93. The molecule has 4 aromatic carbocycles. The van der Waals surface area contributed by atoms with E-state index >= 15 is 4.39 Å². The standard InChI is InChI=1S/C37H36FN5O5S/c1-22(35(39)44)48-28-18-30-34-31(19-28)47-15-5-4-14-43(34)36(40-30)25-16-29(38)33-32(17-25)49-37(41-33)42(20-23-6-10-26(45-2)11-7-23)21-24-8-12-27(46-3)13-9-24/h6-13,16-19,22H,4-5,14-15,20-21H2,1-3H3,(H2,39,44)/t22-/m0/s1. The molecule has 0 aliphatic carbocycles. The highest BCUT2D eigenvalue weighted by atomic mass is 32.1. The average Bonchev–Trinajstić information content (AvgIpc) is 3.69. The molecule has 0 unspecified atom stereocenters. The Labute approximate surface area is 286 Å². The molecule has 252 valence electrons. The maximum absolute atomic E-state index is 16.0. The van der Waals surface area contributed by atoms with Crippen LogP contribution in [0.2, 0.25) is 0 Å². The highest BCUT2D eigenvalue weighted by molar-refractivity contribution is 7.22. The fourth-order valence-electron chi connectivity index (χ4n) is 5.97. The van der Waals surface area contributed by atoms with E-state index in [0.717, 1.165) is 41.0 Å². The molecule has 2 aromatic heterocycles. The average molecular weight is 682 g/mol. The number of aryl methyl sites for hydroxylation is 1. The molecular formula is C37H36FN5O5S. The molecule has 6 aromatic rings. The molecule has 0 radical (unpaired) electrons. The van der Waals surface area contributed by atoms with E-state index in [1.807, 2.05) is 54.6 Å². The van der Waals surface area contributed by atoms with Gasteiger partial charge in [-0.25, -0.2) is 14.4 Å². The Kier molecular flexibility index (Phi) is 8.96. The fraction of sp³-hybridized carbons (Fsp3) is 0.270. The lowest BCUT2D eigenvalue weighted by molar-refractivity contribution is -0.123. The Hall–Kier alpha value is -5.36. The zero-order chi connectivity index (χ0) is 34.1. The molecule has 1 aliphatic heterocycles. The number of imidazole rings is 1. The smallest absolute Gasteiger partial charge is 0.258 e. The molecule has 0 saturated heterocycles. The number of nitrogens with zero attached hydrogens (tertiary/aromatic N) is 4. The van der Waals surface area contributed by atoms with E-state index in [4.69, 9.17) is 34.6 Å². The van der Waals surface area contributed by atoms with Gasteiger partial charge in [-0.15, -0.1) is 0 Å². The number of hydrogen-bond acceptors (Lipinski definition) is 9. The first kappa shape index (κ1) is 32.2. The molecule has 1 aliphatic rings. The molecule has 49 heavy (non-hydrogen) atoms. The lowest BCUT2D eigenvalue weighted by Gasteiger charge is -2.22. The summed E-state index contributed by atoms with van der Waals surface area (Å²) < 4.78 is 41.4. The number of carbonyl (C=O) groups is 1. The highest BCUT2D eigenvalue weighted by Gasteiger charge is 2.23. The van der Waals surface area contributed by atoms with Crippen molar-refractivity contribution in [3.05, 3.63) is 89.7 Å². The van der Waals surface area contributed by atoms with E-state index in [1.165, 1.54) is 17.4 Å². The number of benzene rings is 4. The number of anilines is 1. The van der Waals surface area contributed by atoms with Crippen LogP contribution in [-0.2, 0) is 24.4 Å². The first-order valence-electron chi connectivity index (χ1n) is 16.0. The predicted octanol–water partition coefficient (Wildman–Crippen LogP) is 7.10. The predicted molar refractivity (Wildman–Crippen MR) is 188 cm³/mol. The van der Waals surface area contributed by atoms with Crippen LogP contribution >= 0.6 is 11.3 Å². The molecule has 10 nitrogen and oxygen atoms in total. The minimum atomic E-state index is -0.828. The van der Waals surface area contributed by atoms with Crippen molar-refractivity contribution in [1.29, 1.82) is 0 Å². The number of hydrogen-bond donors (Lipinski definition) is 1. The molecule has 12 heteroatoms. The van der Waals surface area contributed by atoms with Crippen molar-refractivity contribution >= 4 is 43.6 Å². The number of thiazole rings is 1. The van der Waals surface area contributed by atoms with Crippen LogP contribution in [-0.4, -0.2) is 47.4 Å². The van der Waals surface area contributed by atoms with Gasteiger partial charge in [0.1, 0.15) is 39.9 Å². The second-order valence-electron chi connectivity index (χ2n) is 11.9. The lowest BCUT2D eigenvalue weighted by Crippen LogP contribution is -2.30. The Balaban J connectivity index is 1.28. The number of carbonyl (C=O) groups excluding carboxylic acids is 1. The van der Waals surface area contributed by atoms with Gasteiger partial charge >= 0.3 is 0 Å². The van der Waals surface area contributed by atoms with Crippen molar-refractivity contribution in [2.75, 3.05) is 25.7 Å². The normalized spacial score (nSPS) is 13.4. The summed E-state index contributed by atoms with van der Waals surface area (Å²) in [5.74, 6) is 2.19. The topological polar surface area (TPSA) is 114 Å². The van der Waals surface area contributed by atoms with Crippen LogP contribution in [0.4, 0.5) is 9.52 Å². The quantitative estimate of drug-likeness (QED) is 0.154. The van der Waals surface area contributed by atoms with E-state index in [9.17, 15) is 4.79 Å². The van der Waals surface area contributed by atoms with Crippen LogP contribution in [0.15, 0.2) is 72.8 Å². The molecule has 7 rings (SSSR count). The van der Waals surface area contributed by atoms with Gasteiger partial charge in [0.2, 0.25) is 0 Å². The van der Waals surface area contributed by atoms with Crippen LogP contribution in [0.25, 0.3) is 32.6 Å². The molecule has 1 amide bonds. The van der Waals surface area contributed by atoms with Crippen LogP contribution in [0, 0.1) is 5.82 Å². The molecule has 0 spiro atoms. The van der Waals surface area contributed by atoms with E-state index in [0.29, 0.717) is 70.0 Å². The van der Waals surface area contributed by atoms with Gasteiger partial charge < -0.3 is 34.1 Å². The van der Waals surface area contributed by atoms with Gasteiger partial charge in [-0.2, -0.15) is 0 Å². The minimum absolute atomic E-state index is 0.308. The molecule has 0 bridgehead atoms. The van der Waals surface area contributed by atoms with Crippen LogP contribution < -0.4 is 29.6 Å². The number of amides is 1. The van der Waals surface area contributed by atoms with Crippen LogP contribution in [0.5, 0.6) is 23.0 Å². The van der Waals surface area contributed by atoms with Gasteiger partial charge in [-0.1, -0.05) is 35.6 Å². The lowest BCUT2D eigenvalue weighted by atomic mass is 10.1. The zero-order valence-corrected chi connectivity index (χ0v) is 28.3. The first-order valence-corrected chi connectivity index (χ1v) is 16.9. The van der Waals surface area contributed by atoms with Crippen molar-refractivity contribution in [2.45, 2.75) is 45.5 Å². The fourth-order valence-corrected chi connectivity index (χ4v) is 6.99. The van der Waals surface area contributed by atoms with Crippen molar-refractivity contribution < 1.29 is 28.1 Å².